The first-order chi connectivity index (χ1) is 10.6. The van der Waals surface area contributed by atoms with E-state index in [0.29, 0.717) is 31.3 Å². The SMILES string of the molecule is CC(Sc1ccnc2cc(Cl)ccc12)C(=O)N1CCOCC1. The van der Waals surface area contributed by atoms with Crippen molar-refractivity contribution in [2.45, 2.75) is 17.1 Å². The first-order valence-electron chi connectivity index (χ1n) is 7.22. The number of hydrogen-bond donors (Lipinski definition) is 0. The van der Waals surface area contributed by atoms with Crippen LogP contribution in [-0.4, -0.2) is 47.3 Å². The molecule has 1 aliphatic heterocycles. The van der Waals surface area contributed by atoms with Gasteiger partial charge < -0.3 is 9.64 Å². The van der Waals surface area contributed by atoms with Crippen molar-refractivity contribution in [1.82, 2.24) is 9.88 Å². The summed E-state index contributed by atoms with van der Waals surface area (Å²) in [6, 6.07) is 7.60. The van der Waals surface area contributed by atoms with Crippen LogP contribution in [0.2, 0.25) is 5.02 Å². The summed E-state index contributed by atoms with van der Waals surface area (Å²) in [6.07, 6.45) is 1.76. The second kappa shape index (κ2) is 6.86. The van der Waals surface area contributed by atoms with Crippen LogP contribution in [0.25, 0.3) is 10.9 Å². The molecule has 1 fully saturated rings. The molecule has 0 spiro atoms. The van der Waals surface area contributed by atoms with Gasteiger partial charge in [0.1, 0.15) is 0 Å². The van der Waals surface area contributed by atoms with E-state index < -0.39 is 0 Å². The smallest absolute Gasteiger partial charge is 0.235 e. The number of halogens is 1. The van der Waals surface area contributed by atoms with Crippen molar-refractivity contribution in [3.63, 3.8) is 0 Å². The Labute approximate surface area is 138 Å². The van der Waals surface area contributed by atoms with Gasteiger partial charge in [0.05, 0.1) is 24.0 Å². The maximum atomic E-state index is 12.5. The molecule has 0 saturated carbocycles. The van der Waals surface area contributed by atoms with Crippen molar-refractivity contribution in [3.05, 3.63) is 35.5 Å². The highest BCUT2D eigenvalue weighted by Crippen LogP contribution is 2.31. The fourth-order valence-corrected chi connectivity index (χ4v) is 3.72. The Balaban J connectivity index is 1.78. The molecule has 1 unspecified atom stereocenters. The summed E-state index contributed by atoms with van der Waals surface area (Å²) < 4.78 is 5.30. The highest BCUT2D eigenvalue weighted by molar-refractivity contribution is 8.00. The van der Waals surface area contributed by atoms with Crippen LogP contribution in [0.15, 0.2) is 35.4 Å². The van der Waals surface area contributed by atoms with Crippen LogP contribution in [0.5, 0.6) is 0 Å². The number of pyridine rings is 1. The molecule has 0 aliphatic carbocycles. The number of aromatic nitrogens is 1. The maximum absolute atomic E-state index is 12.5. The number of morpholine rings is 1. The lowest BCUT2D eigenvalue weighted by Crippen LogP contribution is -2.44. The normalized spacial score (nSPS) is 16.7. The van der Waals surface area contributed by atoms with E-state index in [2.05, 4.69) is 4.98 Å². The number of fused-ring (bicyclic) bond motifs is 1. The molecule has 0 bridgehead atoms. The minimum atomic E-state index is -0.139. The number of hydrogen-bond acceptors (Lipinski definition) is 4. The van der Waals surface area contributed by atoms with Crippen molar-refractivity contribution in [2.75, 3.05) is 26.3 Å². The lowest BCUT2D eigenvalue weighted by Gasteiger charge is -2.29. The van der Waals surface area contributed by atoms with Crippen LogP contribution < -0.4 is 0 Å². The molecule has 3 rings (SSSR count). The number of carbonyl (C=O) groups is 1. The molecule has 6 heteroatoms. The first-order valence-corrected chi connectivity index (χ1v) is 8.48. The molecule has 1 atom stereocenters. The number of carbonyl (C=O) groups excluding carboxylic acids is 1. The Morgan fingerprint density at radius 2 is 2.14 bits per heavy atom. The average molecular weight is 337 g/mol. The van der Waals surface area contributed by atoms with Crippen LogP contribution in [0.1, 0.15) is 6.92 Å². The molecule has 22 heavy (non-hydrogen) atoms. The van der Waals surface area contributed by atoms with Gasteiger partial charge in [0, 0.05) is 34.6 Å². The fourth-order valence-electron chi connectivity index (χ4n) is 2.48. The lowest BCUT2D eigenvalue weighted by atomic mass is 10.2. The monoisotopic (exact) mass is 336 g/mol. The Hall–Kier alpha value is -1.30. The summed E-state index contributed by atoms with van der Waals surface area (Å²) in [5.74, 6) is 0.159. The zero-order valence-electron chi connectivity index (χ0n) is 12.3. The topological polar surface area (TPSA) is 42.4 Å². The van der Waals surface area contributed by atoms with Gasteiger partial charge in [0.15, 0.2) is 0 Å². The molecular weight excluding hydrogens is 320 g/mol. The number of amides is 1. The van der Waals surface area contributed by atoms with E-state index in [1.165, 1.54) is 0 Å². The minimum Gasteiger partial charge on any atom is -0.378 e. The third-order valence-corrected chi connectivity index (χ3v) is 5.04. The number of benzene rings is 1. The van der Waals surface area contributed by atoms with Crippen LogP contribution >= 0.6 is 23.4 Å². The summed E-state index contributed by atoms with van der Waals surface area (Å²) in [6.45, 7) is 4.55. The molecule has 0 N–H and O–H groups in total. The number of nitrogens with zero attached hydrogens (tertiary/aromatic N) is 2. The second-order valence-corrected chi connectivity index (χ2v) is 6.99. The van der Waals surface area contributed by atoms with Gasteiger partial charge in [-0.15, -0.1) is 11.8 Å². The van der Waals surface area contributed by atoms with Gasteiger partial charge in [-0.2, -0.15) is 0 Å². The summed E-state index contributed by atoms with van der Waals surface area (Å²) in [7, 11) is 0. The highest BCUT2D eigenvalue weighted by atomic mass is 35.5. The van der Waals surface area contributed by atoms with Crippen molar-refractivity contribution in [2.24, 2.45) is 0 Å². The van der Waals surface area contributed by atoms with Gasteiger partial charge in [-0.1, -0.05) is 17.7 Å². The summed E-state index contributed by atoms with van der Waals surface area (Å²) in [5, 5.41) is 1.55. The number of rotatable bonds is 3. The predicted molar refractivity (Wildman–Crippen MR) is 89.5 cm³/mol. The van der Waals surface area contributed by atoms with Crippen LogP contribution in [-0.2, 0) is 9.53 Å². The third kappa shape index (κ3) is 3.37. The zero-order chi connectivity index (χ0) is 15.5. The predicted octanol–water partition coefficient (Wildman–Crippen LogP) is 3.23. The molecule has 2 aromatic rings. The van der Waals surface area contributed by atoms with Gasteiger partial charge in [0.2, 0.25) is 5.91 Å². The second-order valence-electron chi connectivity index (χ2n) is 5.17. The molecule has 0 radical (unpaired) electrons. The van der Waals surface area contributed by atoms with Crippen LogP contribution in [0.3, 0.4) is 0 Å². The Bertz CT molecular complexity index is 689. The molecule has 1 amide bonds. The van der Waals surface area contributed by atoms with Gasteiger partial charge in [0.25, 0.3) is 0 Å². The molecule has 2 heterocycles. The number of thioether (sulfide) groups is 1. The Kier molecular flexibility index (Phi) is 4.86. The van der Waals surface area contributed by atoms with Gasteiger partial charge in [-0.05, 0) is 25.1 Å². The van der Waals surface area contributed by atoms with Gasteiger partial charge in [-0.25, -0.2) is 0 Å². The fraction of sp³-hybridized carbons (Fsp3) is 0.375. The zero-order valence-corrected chi connectivity index (χ0v) is 13.9. The quantitative estimate of drug-likeness (QED) is 0.807. The number of ether oxygens (including phenoxy) is 1. The van der Waals surface area contributed by atoms with Crippen molar-refractivity contribution >= 4 is 40.2 Å². The van der Waals surface area contributed by atoms with E-state index in [0.717, 1.165) is 15.8 Å². The van der Waals surface area contributed by atoms with Crippen molar-refractivity contribution in [3.8, 4) is 0 Å². The van der Waals surface area contributed by atoms with E-state index >= 15 is 0 Å². The minimum absolute atomic E-state index is 0.139. The van der Waals surface area contributed by atoms with Crippen molar-refractivity contribution < 1.29 is 9.53 Å². The van der Waals surface area contributed by atoms with E-state index in [-0.39, 0.29) is 11.2 Å². The van der Waals surface area contributed by atoms with E-state index in [1.54, 1.807) is 18.0 Å². The Morgan fingerprint density at radius 3 is 2.91 bits per heavy atom. The molecule has 1 aromatic carbocycles. The molecule has 1 aliphatic rings. The van der Waals surface area contributed by atoms with Crippen LogP contribution in [0.4, 0.5) is 0 Å². The molecule has 4 nitrogen and oxygen atoms in total. The molecular formula is C16H17ClN2O2S. The van der Waals surface area contributed by atoms with Crippen molar-refractivity contribution in [1.29, 1.82) is 0 Å². The van der Waals surface area contributed by atoms with E-state index in [4.69, 9.17) is 16.3 Å². The first kappa shape index (κ1) is 15.6. The van der Waals surface area contributed by atoms with E-state index in [9.17, 15) is 4.79 Å². The van der Waals surface area contributed by atoms with Gasteiger partial charge >= 0.3 is 0 Å². The molecule has 116 valence electrons. The highest BCUT2D eigenvalue weighted by Gasteiger charge is 2.23. The van der Waals surface area contributed by atoms with E-state index in [1.807, 2.05) is 36.1 Å². The maximum Gasteiger partial charge on any atom is 0.235 e. The summed E-state index contributed by atoms with van der Waals surface area (Å²) >= 11 is 7.57. The van der Waals surface area contributed by atoms with Gasteiger partial charge in [-0.3, -0.25) is 9.78 Å². The standard InChI is InChI=1S/C16H17ClN2O2S/c1-11(16(20)19-6-8-21-9-7-19)22-15-4-5-18-14-10-12(17)2-3-13(14)15/h2-5,10-11H,6-9H2,1H3. The average Bonchev–Trinajstić information content (AvgIpc) is 2.55. The third-order valence-electron chi connectivity index (χ3n) is 3.64. The largest absolute Gasteiger partial charge is 0.378 e. The molecule has 1 aromatic heterocycles. The van der Waals surface area contributed by atoms with Crippen LogP contribution in [0, 0.1) is 0 Å². The lowest BCUT2D eigenvalue weighted by molar-refractivity contribution is -0.134. The summed E-state index contributed by atoms with van der Waals surface area (Å²) in [4.78, 5) is 19.8. The molecule has 1 saturated heterocycles. The summed E-state index contributed by atoms with van der Waals surface area (Å²) in [5.41, 5.74) is 0.850. The Morgan fingerprint density at radius 1 is 1.36 bits per heavy atom.